The van der Waals surface area contributed by atoms with Crippen molar-refractivity contribution in [3.05, 3.63) is 11.9 Å². The first kappa shape index (κ1) is 13.7. The summed E-state index contributed by atoms with van der Waals surface area (Å²) in [4.78, 5) is 11.8. The lowest BCUT2D eigenvalue weighted by molar-refractivity contribution is 0.429. The summed E-state index contributed by atoms with van der Waals surface area (Å²) in [6, 6.07) is 2.83. The minimum atomic E-state index is 0.710. The number of hydrogen-bond donors (Lipinski definition) is 1. The number of anilines is 2. The van der Waals surface area contributed by atoms with Gasteiger partial charge in [0.05, 0.1) is 0 Å². The molecule has 1 aromatic rings. The van der Waals surface area contributed by atoms with Crippen LogP contribution in [0.15, 0.2) is 6.07 Å². The van der Waals surface area contributed by atoms with Gasteiger partial charge in [-0.2, -0.15) is 0 Å². The van der Waals surface area contributed by atoms with E-state index in [9.17, 15) is 0 Å². The Morgan fingerprint density at radius 3 is 2.70 bits per heavy atom. The van der Waals surface area contributed by atoms with Crippen LogP contribution in [0.2, 0.25) is 0 Å². The van der Waals surface area contributed by atoms with Crippen molar-refractivity contribution in [2.45, 2.75) is 57.9 Å². The molecule has 1 saturated heterocycles. The monoisotopic (exact) mass is 274 g/mol. The first-order chi connectivity index (χ1) is 9.81. The van der Waals surface area contributed by atoms with Gasteiger partial charge < -0.3 is 10.2 Å². The zero-order chi connectivity index (χ0) is 13.9. The standard InChI is InChI=1S/C16H26N4/c1-3-14-18-15(17-2)11-16(19-14)20-10-6-9-13(20)12-7-4-5-8-12/h11-13H,3-10H2,1-2H3,(H,17,18,19). The smallest absolute Gasteiger partial charge is 0.134 e. The third kappa shape index (κ3) is 2.60. The molecule has 3 rings (SSSR count). The van der Waals surface area contributed by atoms with E-state index in [1.165, 1.54) is 38.5 Å². The lowest BCUT2D eigenvalue weighted by atomic mass is 9.96. The second-order valence-corrected chi connectivity index (χ2v) is 6.08. The molecular formula is C16H26N4. The van der Waals surface area contributed by atoms with Crippen molar-refractivity contribution in [1.29, 1.82) is 0 Å². The zero-order valence-corrected chi connectivity index (χ0v) is 12.7. The highest BCUT2D eigenvalue weighted by Gasteiger charge is 2.34. The van der Waals surface area contributed by atoms with E-state index in [2.05, 4.69) is 28.2 Å². The molecule has 1 saturated carbocycles. The molecule has 0 bridgehead atoms. The Morgan fingerprint density at radius 1 is 1.20 bits per heavy atom. The molecule has 1 aromatic heterocycles. The fourth-order valence-corrected chi connectivity index (χ4v) is 3.83. The van der Waals surface area contributed by atoms with Crippen LogP contribution in [-0.2, 0) is 6.42 Å². The summed E-state index contributed by atoms with van der Waals surface area (Å²) in [5.41, 5.74) is 0. The van der Waals surface area contributed by atoms with Gasteiger partial charge in [-0.3, -0.25) is 0 Å². The van der Waals surface area contributed by atoms with Crippen molar-refractivity contribution in [3.63, 3.8) is 0 Å². The predicted octanol–water partition coefficient (Wildman–Crippen LogP) is 3.24. The van der Waals surface area contributed by atoms with Gasteiger partial charge in [0.25, 0.3) is 0 Å². The van der Waals surface area contributed by atoms with Crippen molar-refractivity contribution < 1.29 is 0 Å². The summed E-state index contributed by atoms with van der Waals surface area (Å²) >= 11 is 0. The highest BCUT2D eigenvalue weighted by Crippen LogP contribution is 2.37. The Hall–Kier alpha value is -1.32. The summed E-state index contributed by atoms with van der Waals surface area (Å²) in [5, 5.41) is 3.17. The van der Waals surface area contributed by atoms with E-state index in [1.807, 2.05) is 7.05 Å². The Kier molecular flexibility index (Phi) is 4.08. The Bertz CT molecular complexity index is 432. The lowest BCUT2D eigenvalue weighted by Gasteiger charge is -2.30. The molecule has 4 nitrogen and oxygen atoms in total. The molecule has 1 unspecified atom stereocenters. The quantitative estimate of drug-likeness (QED) is 0.915. The van der Waals surface area contributed by atoms with Crippen LogP contribution in [0.25, 0.3) is 0 Å². The minimum Gasteiger partial charge on any atom is -0.373 e. The van der Waals surface area contributed by atoms with Gasteiger partial charge in [-0.05, 0) is 31.6 Å². The summed E-state index contributed by atoms with van der Waals surface area (Å²) in [6.45, 7) is 3.28. The van der Waals surface area contributed by atoms with Gasteiger partial charge >= 0.3 is 0 Å². The maximum absolute atomic E-state index is 4.78. The van der Waals surface area contributed by atoms with E-state index in [-0.39, 0.29) is 0 Å². The summed E-state index contributed by atoms with van der Waals surface area (Å²) in [6.07, 6.45) is 9.19. The predicted molar refractivity (Wildman–Crippen MR) is 83.3 cm³/mol. The maximum atomic E-state index is 4.78. The van der Waals surface area contributed by atoms with Crippen molar-refractivity contribution in [1.82, 2.24) is 9.97 Å². The van der Waals surface area contributed by atoms with Crippen LogP contribution < -0.4 is 10.2 Å². The van der Waals surface area contributed by atoms with Crippen molar-refractivity contribution in [2.75, 3.05) is 23.8 Å². The summed E-state index contributed by atoms with van der Waals surface area (Å²) in [7, 11) is 1.93. The molecule has 0 amide bonds. The largest absolute Gasteiger partial charge is 0.373 e. The zero-order valence-electron chi connectivity index (χ0n) is 12.7. The number of aryl methyl sites for hydroxylation is 1. The topological polar surface area (TPSA) is 41.1 Å². The number of nitrogens with one attached hydrogen (secondary N) is 1. The van der Waals surface area contributed by atoms with Gasteiger partial charge in [0, 0.05) is 32.1 Å². The van der Waals surface area contributed by atoms with Gasteiger partial charge in [0.15, 0.2) is 0 Å². The summed E-state index contributed by atoms with van der Waals surface area (Å²) < 4.78 is 0. The molecule has 0 spiro atoms. The molecular weight excluding hydrogens is 248 g/mol. The molecule has 4 heteroatoms. The average Bonchev–Trinajstić information content (AvgIpc) is 3.16. The van der Waals surface area contributed by atoms with Crippen LogP contribution in [-0.4, -0.2) is 29.6 Å². The molecule has 1 atom stereocenters. The van der Waals surface area contributed by atoms with Crippen LogP contribution in [0.1, 0.15) is 51.3 Å². The van der Waals surface area contributed by atoms with E-state index in [0.29, 0.717) is 6.04 Å². The van der Waals surface area contributed by atoms with Crippen molar-refractivity contribution in [3.8, 4) is 0 Å². The summed E-state index contributed by atoms with van der Waals surface area (Å²) in [5.74, 6) is 3.92. The Labute approximate surface area is 122 Å². The Balaban J connectivity index is 1.86. The van der Waals surface area contributed by atoms with Gasteiger partial charge in [0.2, 0.25) is 0 Å². The minimum absolute atomic E-state index is 0.710. The highest BCUT2D eigenvalue weighted by atomic mass is 15.2. The molecule has 20 heavy (non-hydrogen) atoms. The van der Waals surface area contributed by atoms with Crippen LogP contribution in [0, 0.1) is 5.92 Å². The third-order valence-corrected chi connectivity index (χ3v) is 4.87. The fourth-order valence-electron chi connectivity index (χ4n) is 3.83. The van der Waals surface area contributed by atoms with Crippen LogP contribution in [0.4, 0.5) is 11.6 Å². The molecule has 1 N–H and O–H groups in total. The Morgan fingerprint density at radius 2 is 2.00 bits per heavy atom. The lowest BCUT2D eigenvalue weighted by Crippen LogP contribution is -2.35. The van der Waals surface area contributed by atoms with Gasteiger partial charge in [-0.15, -0.1) is 0 Å². The first-order valence-corrected chi connectivity index (χ1v) is 8.14. The van der Waals surface area contributed by atoms with E-state index < -0.39 is 0 Å². The molecule has 2 fully saturated rings. The molecule has 110 valence electrons. The van der Waals surface area contributed by atoms with Gasteiger partial charge in [-0.1, -0.05) is 19.8 Å². The SMILES string of the molecule is CCc1nc(NC)cc(N2CCCC2C2CCCC2)n1. The van der Waals surface area contributed by atoms with E-state index in [1.54, 1.807) is 0 Å². The van der Waals surface area contributed by atoms with Crippen LogP contribution in [0.3, 0.4) is 0 Å². The second kappa shape index (κ2) is 5.98. The van der Waals surface area contributed by atoms with Crippen molar-refractivity contribution in [2.24, 2.45) is 5.92 Å². The number of nitrogens with zero attached hydrogens (tertiary/aromatic N) is 3. The number of rotatable bonds is 4. The third-order valence-electron chi connectivity index (χ3n) is 4.87. The molecule has 2 aliphatic rings. The normalized spacial score (nSPS) is 23.5. The number of aromatic nitrogens is 2. The van der Waals surface area contributed by atoms with E-state index in [4.69, 9.17) is 4.98 Å². The van der Waals surface area contributed by atoms with Gasteiger partial charge in [-0.25, -0.2) is 9.97 Å². The van der Waals surface area contributed by atoms with Crippen molar-refractivity contribution >= 4 is 11.6 Å². The molecule has 0 aromatic carbocycles. The molecule has 1 aliphatic heterocycles. The average molecular weight is 274 g/mol. The highest BCUT2D eigenvalue weighted by molar-refractivity contribution is 5.50. The molecule has 2 heterocycles. The van der Waals surface area contributed by atoms with E-state index >= 15 is 0 Å². The van der Waals surface area contributed by atoms with Gasteiger partial charge in [0.1, 0.15) is 17.5 Å². The first-order valence-electron chi connectivity index (χ1n) is 8.14. The maximum Gasteiger partial charge on any atom is 0.134 e. The fraction of sp³-hybridized carbons (Fsp3) is 0.750. The van der Waals surface area contributed by atoms with E-state index in [0.717, 1.165) is 36.3 Å². The number of hydrogen-bond acceptors (Lipinski definition) is 4. The van der Waals surface area contributed by atoms with Crippen LogP contribution in [0.5, 0.6) is 0 Å². The second-order valence-electron chi connectivity index (χ2n) is 6.08. The molecule has 1 aliphatic carbocycles. The molecule has 0 radical (unpaired) electrons. The van der Waals surface area contributed by atoms with Crippen LogP contribution >= 0.6 is 0 Å².